The van der Waals surface area contributed by atoms with Gasteiger partial charge in [-0.2, -0.15) is 5.10 Å². The van der Waals surface area contributed by atoms with Gasteiger partial charge < -0.3 is 10.6 Å². The monoisotopic (exact) mass is 454 g/mol. The number of carbonyl (C=O) groups excluding carboxylic acids is 1. The maximum atomic E-state index is 13.3. The second-order valence-corrected chi connectivity index (χ2v) is 9.61. The van der Waals surface area contributed by atoms with Gasteiger partial charge in [-0.25, -0.2) is 9.37 Å². The van der Waals surface area contributed by atoms with Crippen LogP contribution in [0.1, 0.15) is 80.5 Å². The fourth-order valence-corrected chi connectivity index (χ4v) is 4.52. The molecule has 1 saturated carbocycles. The highest BCUT2D eigenvalue weighted by Gasteiger charge is 2.25. The number of imidazole rings is 1. The molecule has 8 heteroatoms. The zero-order valence-electron chi connectivity index (χ0n) is 20.0. The lowest BCUT2D eigenvalue weighted by molar-refractivity contribution is 0.0925. The van der Waals surface area contributed by atoms with Crippen molar-refractivity contribution in [1.29, 1.82) is 0 Å². The zero-order valence-corrected chi connectivity index (χ0v) is 20.0. The zero-order chi connectivity index (χ0) is 23.5. The summed E-state index contributed by atoms with van der Waals surface area (Å²) in [4.78, 5) is 17.6. The summed E-state index contributed by atoms with van der Waals surface area (Å²) in [5.41, 5.74) is 3.28. The number of hydrogen-bond donors (Lipinski definition) is 2. The van der Waals surface area contributed by atoms with Gasteiger partial charge >= 0.3 is 0 Å². The van der Waals surface area contributed by atoms with E-state index in [9.17, 15) is 9.18 Å². The average Bonchev–Trinajstić information content (AvgIpc) is 3.38. The summed E-state index contributed by atoms with van der Waals surface area (Å²) >= 11 is 0. The molecule has 3 aromatic rings. The Balaban J connectivity index is 1.34. The van der Waals surface area contributed by atoms with Crippen LogP contribution in [0.3, 0.4) is 0 Å². The third-order valence-corrected chi connectivity index (χ3v) is 6.45. The second kappa shape index (κ2) is 9.93. The molecule has 3 heterocycles. The first kappa shape index (κ1) is 23.3. The van der Waals surface area contributed by atoms with Crippen LogP contribution in [0.2, 0.25) is 0 Å². The van der Waals surface area contributed by atoms with Gasteiger partial charge in [0.2, 0.25) is 0 Å². The van der Waals surface area contributed by atoms with Gasteiger partial charge in [-0.1, -0.05) is 19.9 Å². The van der Waals surface area contributed by atoms with E-state index >= 15 is 0 Å². The number of fused-ring (bicyclic) bond motifs is 1. The topological polar surface area (TPSA) is 76.2 Å². The van der Waals surface area contributed by atoms with Crippen molar-refractivity contribution in [3.8, 4) is 0 Å². The van der Waals surface area contributed by atoms with Gasteiger partial charge in [0.25, 0.3) is 5.91 Å². The van der Waals surface area contributed by atoms with Crippen molar-refractivity contribution in [2.75, 3.05) is 5.32 Å². The molecule has 1 unspecified atom stereocenters. The summed E-state index contributed by atoms with van der Waals surface area (Å²) in [5.74, 6) is 1.34. The Hall–Kier alpha value is -2.90. The quantitative estimate of drug-likeness (QED) is 0.520. The van der Waals surface area contributed by atoms with E-state index < -0.39 is 6.17 Å². The van der Waals surface area contributed by atoms with E-state index in [1.807, 2.05) is 12.1 Å². The van der Waals surface area contributed by atoms with Crippen LogP contribution in [0.25, 0.3) is 5.65 Å². The SMILES string of the molecule is CC(F)CCc1nn(C)cc1C(=O)NC1CCC(Nc2cccc3nc(C(C)C)cn23)CC1. The Morgan fingerprint density at radius 2 is 1.88 bits per heavy atom. The molecule has 2 N–H and O–H groups in total. The lowest BCUT2D eigenvalue weighted by Gasteiger charge is -2.30. The predicted molar refractivity (Wildman–Crippen MR) is 129 cm³/mol. The summed E-state index contributed by atoms with van der Waals surface area (Å²) < 4.78 is 17.0. The molecule has 1 amide bonds. The smallest absolute Gasteiger partial charge is 0.254 e. The van der Waals surface area contributed by atoms with Gasteiger partial charge in [0.15, 0.2) is 0 Å². The van der Waals surface area contributed by atoms with E-state index in [0.29, 0.717) is 36.1 Å². The Labute approximate surface area is 194 Å². The summed E-state index contributed by atoms with van der Waals surface area (Å²) in [6.07, 6.45) is 7.57. The molecule has 4 rings (SSSR count). The number of pyridine rings is 1. The number of anilines is 1. The largest absolute Gasteiger partial charge is 0.368 e. The van der Waals surface area contributed by atoms with Crippen LogP contribution in [0.4, 0.5) is 10.2 Å². The minimum absolute atomic E-state index is 0.106. The first-order chi connectivity index (χ1) is 15.8. The predicted octanol–water partition coefficient (Wildman–Crippen LogP) is 4.63. The highest BCUT2D eigenvalue weighted by Crippen LogP contribution is 2.25. The number of carbonyl (C=O) groups is 1. The van der Waals surface area contributed by atoms with Crippen LogP contribution in [0.15, 0.2) is 30.6 Å². The number of aromatic nitrogens is 4. The molecule has 1 aliphatic carbocycles. The number of aryl methyl sites for hydroxylation is 2. The maximum Gasteiger partial charge on any atom is 0.254 e. The van der Waals surface area contributed by atoms with Gasteiger partial charge in [0.05, 0.1) is 23.1 Å². The van der Waals surface area contributed by atoms with Crippen molar-refractivity contribution >= 4 is 17.4 Å². The van der Waals surface area contributed by atoms with Crippen LogP contribution in [-0.4, -0.2) is 43.3 Å². The molecule has 0 aliphatic heterocycles. The standard InChI is InChI=1S/C25H35FN6O/c1-16(2)22-15-32-23(6-5-7-24(32)29-22)27-18-9-11-19(12-10-18)28-25(33)20-14-31(4)30-21(20)13-8-17(3)26/h5-7,14-19,27H,8-13H2,1-4H3,(H,28,33). The van der Waals surface area contributed by atoms with E-state index in [4.69, 9.17) is 4.98 Å². The number of rotatable bonds is 8. The Morgan fingerprint density at radius 1 is 1.15 bits per heavy atom. The molecule has 1 fully saturated rings. The third-order valence-electron chi connectivity index (χ3n) is 6.45. The summed E-state index contributed by atoms with van der Waals surface area (Å²) in [6, 6.07) is 6.66. The van der Waals surface area contributed by atoms with Crippen molar-refractivity contribution in [2.24, 2.45) is 7.05 Å². The van der Waals surface area contributed by atoms with E-state index in [1.165, 1.54) is 6.92 Å². The van der Waals surface area contributed by atoms with Crippen LogP contribution in [-0.2, 0) is 13.5 Å². The average molecular weight is 455 g/mol. The number of alkyl halides is 1. The summed E-state index contributed by atoms with van der Waals surface area (Å²) in [5, 5.41) is 11.2. The van der Waals surface area contributed by atoms with Gasteiger partial charge in [0, 0.05) is 31.5 Å². The van der Waals surface area contributed by atoms with Gasteiger partial charge in [-0.05, 0) is 63.5 Å². The number of nitrogens with zero attached hydrogens (tertiary/aromatic N) is 4. The molecule has 1 aliphatic rings. The van der Waals surface area contributed by atoms with E-state index in [-0.39, 0.29) is 11.9 Å². The molecule has 0 spiro atoms. The van der Waals surface area contributed by atoms with Crippen LogP contribution >= 0.6 is 0 Å². The second-order valence-electron chi connectivity index (χ2n) is 9.61. The molecule has 7 nitrogen and oxygen atoms in total. The Morgan fingerprint density at radius 3 is 2.58 bits per heavy atom. The lowest BCUT2D eigenvalue weighted by atomic mass is 9.91. The number of amides is 1. The van der Waals surface area contributed by atoms with Crippen molar-refractivity contribution in [1.82, 2.24) is 24.5 Å². The Bertz CT molecular complexity index is 1090. The van der Waals surface area contributed by atoms with Crippen molar-refractivity contribution < 1.29 is 9.18 Å². The third kappa shape index (κ3) is 5.54. The van der Waals surface area contributed by atoms with E-state index in [2.05, 4.69) is 46.2 Å². The lowest BCUT2D eigenvalue weighted by Crippen LogP contribution is -2.40. The van der Waals surface area contributed by atoms with Gasteiger partial charge in [-0.15, -0.1) is 0 Å². The molecule has 1 atom stereocenters. The molecule has 0 saturated heterocycles. The first-order valence-electron chi connectivity index (χ1n) is 12.0. The minimum Gasteiger partial charge on any atom is -0.368 e. The number of hydrogen-bond acceptors (Lipinski definition) is 4. The van der Waals surface area contributed by atoms with Crippen LogP contribution < -0.4 is 10.6 Å². The van der Waals surface area contributed by atoms with E-state index in [0.717, 1.165) is 42.8 Å². The summed E-state index contributed by atoms with van der Waals surface area (Å²) in [6.45, 7) is 5.84. The fraction of sp³-hybridized carbons (Fsp3) is 0.560. The normalized spacial score (nSPS) is 19.7. The van der Waals surface area contributed by atoms with Crippen molar-refractivity contribution in [3.05, 3.63) is 47.5 Å². The molecule has 33 heavy (non-hydrogen) atoms. The maximum absolute atomic E-state index is 13.3. The highest BCUT2D eigenvalue weighted by atomic mass is 19.1. The number of nitrogens with one attached hydrogen (secondary N) is 2. The van der Waals surface area contributed by atoms with Gasteiger partial charge in [-0.3, -0.25) is 13.9 Å². The van der Waals surface area contributed by atoms with Crippen LogP contribution in [0, 0.1) is 0 Å². The highest BCUT2D eigenvalue weighted by molar-refractivity contribution is 5.95. The molecule has 0 aromatic carbocycles. The van der Waals surface area contributed by atoms with E-state index in [1.54, 1.807) is 17.9 Å². The number of halogens is 1. The Kier molecular flexibility index (Phi) is 7.00. The molecular weight excluding hydrogens is 419 g/mol. The van der Waals surface area contributed by atoms with Crippen molar-refractivity contribution in [2.45, 2.75) is 83.5 Å². The van der Waals surface area contributed by atoms with Gasteiger partial charge in [0.1, 0.15) is 11.5 Å². The van der Waals surface area contributed by atoms with Crippen LogP contribution in [0.5, 0.6) is 0 Å². The molecular formula is C25H35FN6O. The molecule has 0 radical (unpaired) electrons. The van der Waals surface area contributed by atoms with Crippen molar-refractivity contribution in [3.63, 3.8) is 0 Å². The molecule has 3 aromatic heterocycles. The molecule has 0 bridgehead atoms. The minimum atomic E-state index is -0.907. The fourth-order valence-electron chi connectivity index (χ4n) is 4.52. The molecule has 178 valence electrons. The summed E-state index contributed by atoms with van der Waals surface area (Å²) in [7, 11) is 1.79. The first-order valence-corrected chi connectivity index (χ1v) is 12.0.